The van der Waals surface area contributed by atoms with Gasteiger partial charge in [-0.2, -0.15) is 0 Å². The van der Waals surface area contributed by atoms with E-state index in [1.165, 1.54) is 0 Å². The molecule has 0 heterocycles. The monoisotopic (exact) mass is 334 g/mol. The average molecular weight is 334 g/mol. The maximum Gasteiger partial charge on any atom is 0.312 e. The molecule has 2 amide bonds. The number of ether oxygens (including phenoxy) is 1. The van der Waals surface area contributed by atoms with Gasteiger partial charge in [-0.15, -0.1) is 0 Å². The molecular weight excluding hydrogens is 308 g/mol. The molecule has 0 bridgehead atoms. The number of aryl methyl sites for hydroxylation is 1. The summed E-state index contributed by atoms with van der Waals surface area (Å²) in [5.74, 6) is -0.583. The highest BCUT2D eigenvalue weighted by atomic mass is 16.5. The van der Waals surface area contributed by atoms with Gasteiger partial charge < -0.3 is 15.8 Å². The quantitative estimate of drug-likeness (QED) is 0.390. The van der Waals surface area contributed by atoms with Crippen LogP contribution in [0.1, 0.15) is 55.5 Å². The molecular formula is C18H26N2O4. The summed E-state index contributed by atoms with van der Waals surface area (Å²) in [7, 11) is 0. The topological polar surface area (TPSA) is 98.5 Å². The minimum absolute atomic E-state index is 0.198. The fourth-order valence-corrected chi connectivity index (χ4v) is 2.23. The number of esters is 1. The Balaban J connectivity index is 2.29. The molecule has 0 aliphatic rings. The summed E-state index contributed by atoms with van der Waals surface area (Å²) in [6.45, 7) is 4.13. The second kappa shape index (κ2) is 10.4. The van der Waals surface area contributed by atoms with Crippen LogP contribution in [0, 0.1) is 0 Å². The van der Waals surface area contributed by atoms with Gasteiger partial charge in [0.15, 0.2) is 6.10 Å². The summed E-state index contributed by atoms with van der Waals surface area (Å²) < 4.78 is 5.19. The van der Waals surface area contributed by atoms with E-state index in [4.69, 9.17) is 10.5 Å². The number of rotatable bonds is 10. The number of hydrogen-bond donors (Lipinski definition) is 2. The van der Waals surface area contributed by atoms with E-state index in [9.17, 15) is 14.4 Å². The fourth-order valence-electron chi connectivity index (χ4n) is 2.23. The van der Waals surface area contributed by atoms with Gasteiger partial charge in [0, 0.05) is 18.5 Å². The maximum absolute atomic E-state index is 12.2. The molecule has 6 heteroatoms. The lowest BCUT2D eigenvalue weighted by atomic mass is 10.0. The van der Waals surface area contributed by atoms with Crippen LogP contribution in [0.4, 0.5) is 4.79 Å². The number of amides is 2. The Morgan fingerprint density at radius 3 is 2.38 bits per heavy atom. The van der Waals surface area contributed by atoms with E-state index < -0.39 is 12.1 Å². The summed E-state index contributed by atoms with van der Waals surface area (Å²) in [6, 6.07) is 6.78. The van der Waals surface area contributed by atoms with Crippen molar-refractivity contribution >= 4 is 17.8 Å². The molecule has 24 heavy (non-hydrogen) atoms. The van der Waals surface area contributed by atoms with E-state index in [1.807, 2.05) is 19.1 Å². The standard InChI is InChI=1S/C18H26N2O4/c1-3-14-8-10-15(11-9-14)17(22)13(2)24-16(21)7-5-4-6-12-20-18(19)23/h8-11,13H,3-7,12H2,1-2H3,(H3,19,20,23)/t13-/m0/s1. The summed E-state index contributed by atoms with van der Waals surface area (Å²) in [5.41, 5.74) is 6.65. The van der Waals surface area contributed by atoms with Gasteiger partial charge in [0.05, 0.1) is 0 Å². The Morgan fingerprint density at radius 1 is 1.12 bits per heavy atom. The molecule has 1 atom stereocenters. The zero-order chi connectivity index (χ0) is 17.9. The van der Waals surface area contributed by atoms with E-state index in [-0.39, 0.29) is 18.2 Å². The third-order valence-corrected chi connectivity index (χ3v) is 3.68. The Morgan fingerprint density at radius 2 is 1.79 bits per heavy atom. The molecule has 3 N–H and O–H groups in total. The molecule has 0 aliphatic heterocycles. The number of carbonyl (C=O) groups is 3. The zero-order valence-corrected chi connectivity index (χ0v) is 14.3. The minimum atomic E-state index is -0.790. The second-order valence-electron chi connectivity index (χ2n) is 5.65. The molecule has 0 fully saturated rings. The fraction of sp³-hybridized carbons (Fsp3) is 0.500. The first kappa shape index (κ1) is 19.7. The largest absolute Gasteiger partial charge is 0.454 e. The first-order valence-corrected chi connectivity index (χ1v) is 8.30. The third kappa shape index (κ3) is 7.26. The smallest absolute Gasteiger partial charge is 0.312 e. The Bertz CT molecular complexity index is 555. The second-order valence-corrected chi connectivity index (χ2v) is 5.65. The summed E-state index contributed by atoms with van der Waals surface area (Å²) in [4.78, 5) is 34.5. The molecule has 6 nitrogen and oxygen atoms in total. The number of benzene rings is 1. The molecule has 0 unspecified atom stereocenters. The average Bonchev–Trinajstić information content (AvgIpc) is 2.57. The van der Waals surface area contributed by atoms with Crippen LogP contribution in [0.3, 0.4) is 0 Å². The highest BCUT2D eigenvalue weighted by Gasteiger charge is 2.19. The van der Waals surface area contributed by atoms with Crippen LogP contribution < -0.4 is 11.1 Å². The van der Waals surface area contributed by atoms with Crippen molar-refractivity contribution in [3.8, 4) is 0 Å². The number of carbonyl (C=O) groups excluding carboxylic acids is 3. The summed E-state index contributed by atoms with van der Waals surface area (Å²) in [5, 5.41) is 2.49. The number of unbranched alkanes of at least 4 members (excludes halogenated alkanes) is 2. The van der Waals surface area contributed by atoms with Crippen molar-refractivity contribution in [2.75, 3.05) is 6.54 Å². The normalized spacial score (nSPS) is 11.6. The van der Waals surface area contributed by atoms with Gasteiger partial charge in [-0.3, -0.25) is 9.59 Å². The van der Waals surface area contributed by atoms with Crippen molar-refractivity contribution in [3.63, 3.8) is 0 Å². The van der Waals surface area contributed by atoms with Gasteiger partial charge in [0.1, 0.15) is 0 Å². The van der Waals surface area contributed by atoms with Gasteiger partial charge >= 0.3 is 12.0 Å². The number of nitrogens with two attached hydrogens (primary N) is 1. The molecule has 0 aromatic heterocycles. The van der Waals surface area contributed by atoms with Gasteiger partial charge in [0.25, 0.3) is 0 Å². The van der Waals surface area contributed by atoms with Crippen molar-refractivity contribution in [2.24, 2.45) is 5.73 Å². The number of ketones is 1. The molecule has 0 radical (unpaired) electrons. The molecule has 132 valence electrons. The van der Waals surface area contributed by atoms with Crippen LogP contribution in [-0.4, -0.2) is 30.4 Å². The van der Waals surface area contributed by atoms with E-state index in [2.05, 4.69) is 5.32 Å². The highest BCUT2D eigenvalue weighted by molar-refractivity contribution is 6.00. The van der Waals surface area contributed by atoms with Crippen LogP contribution in [0.25, 0.3) is 0 Å². The molecule has 1 aromatic rings. The third-order valence-electron chi connectivity index (χ3n) is 3.68. The lowest BCUT2D eigenvalue weighted by Crippen LogP contribution is -2.30. The van der Waals surface area contributed by atoms with E-state index in [0.29, 0.717) is 18.5 Å². The minimum Gasteiger partial charge on any atom is -0.454 e. The van der Waals surface area contributed by atoms with Crippen LogP contribution in [0.5, 0.6) is 0 Å². The summed E-state index contributed by atoms with van der Waals surface area (Å²) >= 11 is 0. The number of Topliss-reactive ketones (excluding diaryl/α,β-unsaturated/α-hetero) is 1. The summed E-state index contributed by atoms with van der Waals surface area (Å²) in [6.07, 6.45) is 2.54. The SMILES string of the molecule is CCc1ccc(C(=O)[C@H](C)OC(=O)CCCCCNC(N)=O)cc1. The molecule has 0 spiro atoms. The number of hydrogen-bond acceptors (Lipinski definition) is 4. The van der Waals surface area contributed by atoms with Crippen LogP contribution >= 0.6 is 0 Å². The van der Waals surface area contributed by atoms with Crippen LogP contribution in [0.15, 0.2) is 24.3 Å². The van der Waals surface area contributed by atoms with Crippen LogP contribution in [-0.2, 0) is 16.0 Å². The van der Waals surface area contributed by atoms with Crippen molar-refractivity contribution in [1.82, 2.24) is 5.32 Å². The van der Waals surface area contributed by atoms with E-state index in [0.717, 1.165) is 24.8 Å². The van der Waals surface area contributed by atoms with Gasteiger partial charge in [-0.25, -0.2) is 4.79 Å². The highest BCUT2D eigenvalue weighted by Crippen LogP contribution is 2.11. The van der Waals surface area contributed by atoms with Crippen LogP contribution in [0.2, 0.25) is 0 Å². The van der Waals surface area contributed by atoms with Gasteiger partial charge in [0.2, 0.25) is 5.78 Å². The molecule has 0 aliphatic carbocycles. The number of primary amides is 1. The van der Waals surface area contributed by atoms with Gasteiger partial charge in [-0.05, 0) is 31.7 Å². The predicted molar refractivity (Wildman–Crippen MR) is 91.8 cm³/mol. The lowest BCUT2D eigenvalue weighted by Gasteiger charge is -2.12. The Labute approximate surface area is 142 Å². The Kier molecular flexibility index (Phi) is 8.54. The van der Waals surface area contributed by atoms with E-state index >= 15 is 0 Å². The van der Waals surface area contributed by atoms with Crippen molar-refractivity contribution in [1.29, 1.82) is 0 Å². The molecule has 1 aromatic carbocycles. The predicted octanol–water partition coefficient (Wildman–Crippen LogP) is 2.59. The lowest BCUT2D eigenvalue weighted by molar-refractivity contribution is -0.146. The van der Waals surface area contributed by atoms with E-state index in [1.54, 1.807) is 19.1 Å². The molecule has 0 saturated carbocycles. The number of nitrogens with one attached hydrogen (secondary N) is 1. The molecule has 1 rings (SSSR count). The Hall–Kier alpha value is -2.37. The first-order valence-electron chi connectivity index (χ1n) is 8.30. The molecule has 0 saturated heterocycles. The number of urea groups is 1. The van der Waals surface area contributed by atoms with Crippen molar-refractivity contribution in [3.05, 3.63) is 35.4 Å². The first-order chi connectivity index (χ1) is 11.4. The zero-order valence-electron chi connectivity index (χ0n) is 14.3. The van der Waals surface area contributed by atoms with Gasteiger partial charge in [-0.1, -0.05) is 37.6 Å². The maximum atomic E-state index is 12.2. The van der Waals surface area contributed by atoms with Crippen molar-refractivity contribution in [2.45, 2.75) is 52.1 Å². The van der Waals surface area contributed by atoms with Crippen molar-refractivity contribution < 1.29 is 19.1 Å².